The van der Waals surface area contributed by atoms with E-state index in [1.165, 1.54) is 11.3 Å². The molecule has 0 bridgehead atoms. The highest BCUT2D eigenvalue weighted by atomic mass is 32.1. The van der Waals surface area contributed by atoms with E-state index in [1.807, 2.05) is 13.8 Å². The number of hydrogen-bond acceptors (Lipinski definition) is 4. The summed E-state index contributed by atoms with van der Waals surface area (Å²) in [4.78, 5) is 16.2. The SMILES string of the molecule is Cc1nc(C(=O)NC(C)(CN)CC(C)C)cs1. The smallest absolute Gasteiger partial charge is 0.271 e. The Morgan fingerprint density at radius 3 is 2.71 bits per heavy atom. The van der Waals surface area contributed by atoms with Crippen LogP contribution in [0, 0.1) is 12.8 Å². The van der Waals surface area contributed by atoms with Crippen LogP contribution in [0.5, 0.6) is 0 Å². The van der Waals surface area contributed by atoms with Crippen LogP contribution >= 0.6 is 11.3 Å². The van der Waals surface area contributed by atoms with Crippen molar-refractivity contribution in [3.63, 3.8) is 0 Å². The van der Waals surface area contributed by atoms with E-state index in [1.54, 1.807) is 5.38 Å². The number of nitrogens with two attached hydrogens (primary N) is 1. The molecule has 1 amide bonds. The first-order valence-electron chi connectivity index (χ1n) is 5.81. The van der Waals surface area contributed by atoms with E-state index in [0.717, 1.165) is 11.4 Å². The molecule has 1 unspecified atom stereocenters. The van der Waals surface area contributed by atoms with Crippen LogP contribution in [-0.2, 0) is 0 Å². The highest BCUT2D eigenvalue weighted by molar-refractivity contribution is 7.09. The van der Waals surface area contributed by atoms with Crippen molar-refractivity contribution in [3.05, 3.63) is 16.1 Å². The van der Waals surface area contributed by atoms with Crippen molar-refractivity contribution in [3.8, 4) is 0 Å². The number of thiazole rings is 1. The second kappa shape index (κ2) is 5.60. The van der Waals surface area contributed by atoms with Gasteiger partial charge in [-0.1, -0.05) is 13.8 Å². The fourth-order valence-corrected chi connectivity index (χ4v) is 2.49. The first-order valence-corrected chi connectivity index (χ1v) is 6.69. The molecule has 1 rings (SSSR count). The lowest BCUT2D eigenvalue weighted by Gasteiger charge is -2.30. The molecule has 0 spiro atoms. The highest BCUT2D eigenvalue weighted by Gasteiger charge is 2.26. The molecular weight excluding hydrogens is 234 g/mol. The molecule has 0 aliphatic rings. The molecule has 0 aliphatic carbocycles. The molecule has 96 valence electrons. The van der Waals surface area contributed by atoms with Gasteiger partial charge in [0.05, 0.1) is 10.5 Å². The first kappa shape index (κ1) is 14.1. The Balaban J connectivity index is 2.71. The zero-order chi connectivity index (χ0) is 13.1. The van der Waals surface area contributed by atoms with Crippen molar-refractivity contribution >= 4 is 17.2 Å². The zero-order valence-electron chi connectivity index (χ0n) is 10.9. The van der Waals surface area contributed by atoms with Crippen molar-refractivity contribution in [1.82, 2.24) is 10.3 Å². The Hall–Kier alpha value is -0.940. The van der Waals surface area contributed by atoms with Gasteiger partial charge in [0, 0.05) is 11.9 Å². The molecular formula is C12H21N3OS. The van der Waals surface area contributed by atoms with E-state index in [9.17, 15) is 4.79 Å². The van der Waals surface area contributed by atoms with Gasteiger partial charge in [0.2, 0.25) is 0 Å². The van der Waals surface area contributed by atoms with Crippen LogP contribution in [0.2, 0.25) is 0 Å². The number of amides is 1. The van der Waals surface area contributed by atoms with Gasteiger partial charge in [-0.2, -0.15) is 0 Å². The van der Waals surface area contributed by atoms with E-state index in [2.05, 4.69) is 24.1 Å². The third-order valence-corrected chi connectivity index (χ3v) is 3.35. The van der Waals surface area contributed by atoms with Crippen molar-refractivity contribution < 1.29 is 4.79 Å². The molecule has 4 nitrogen and oxygen atoms in total. The van der Waals surface area contributed by atoms with Gasteiger partial charge in [-0.3, -0.25) is 4.79 Å². The van der Waals surface area contributed by atoms with E-state index >= 15 is 0 Å². The van der Waals surface area contributed by atoms with Gasteiger partial charge in [-0.25, -0.2) is 4.98 Å². The largest absolute Gasteiger partial charge is 0.344 e. The lowest BCUT2D eigenvalue weighted by molar-refractivity contribution is 0.0893. The quantitative estimate of drug-likeness (QED) is 0.845. The predicted octanol–water partition coefficient (Wildman–Crippen LogP) is 1.94. The molecule has 17 heavy (non-hydrogen) atoms. The summed E-state index contributed by atoms with van der Waals surface area (Å²) in [6.07, 6.45) is 0.859. The molecule has 0 saturated heterocycles. The Morgan fingerprint density at radius 2 is 2.29 bits per heavy atom. The summed E-state index contributed by atoms with van der Waals surface area (Å²) in [6.45, 7) is 8.53. The van der Waals surface area contributed by atoms with E-state index < -0.39 is 0 Å². The minimum Gasteiger partial charge on any atom is -0.344 e. The second-order valence-electron chi connectivity index (χ2n) is 5.07. The third-order valence-electron chi connectivity index (χ3n) is 2.58. The number of rotatable bonds is 5. The summed E-state index contributed by atoms with van der Waals surface area (Å²) in [6, 6.07) is 0. The van der Waals surface area contributed by atoms with Gasteiger partial charge in [0.25, 0.3) is 5.91 Å². The van der Waals surface area contributed by atoms with Crippen molar-refractivity contribution in [2.75, 3.05) is 6.54 Å². The number of nitrogens with one attached hydrogen (secondary N) is 1. The summed E-state index contributed by atoms with van der Waals surface area (Å²) in [5.74, 6) is 0.351. The summed E-state index contributed by atoms with van der Waals surface area (Å²) < 4.78 is 0. The van der Waals surface area contributed by atoms with Crippen LogP contribution in [0.3, 0.4) is 0 Å². The number of hydrogen-bond donors (Lipinski definition) is 2. The normalized spacial score (nSPS) is 14.7. The summed E-state index contributed by atoms with van der Waals surface area (Å²) in [7, 11) is 0. The van der Waals surface area contributed by atoms with Gasteiger partial charge in [-0.15, -0.1) is 11.3 Å². The van der Waals surface area contributed by atoms with Crippen LogP contribution in [0.15, 0.2) is 5.38 Å². The van der Waals surface area contributed by atoms with Crippen molar-refractivity contribution in [2.45, 2.75) is 39.7 Å². The topological polar surface area (TPSA) is 68.0 Å². The van der Waals surface area contributed by atoms with Crippen molar-refractivity contribution in [2.24, 2.45) is 11.7 Å². The van der Waals surface area contributed by atoms with Gasteiger partial charge < -0.3 is 11.1 Å². The molecule has 1 aromatic rings. The van der Waals surface area contributed by atoms with E-state index in [0.29, 0.717) is 18.2 Å². The maximum absolute atomic E-state index is 12.0. The lowest BCUT2D eigenvalue weighted by atomic mass is 9.90. The van der Waals surface area contributed by atoms with Crippen LogP contribution in [0.25, 0.3) is 0 Å². The van der Waals surface area contributed by atoms with Crippen LogP contribution in [-0.4, -0.2) is 23.0 Å². The number of carbonyl (C=O) groups is 1. The molecule has 3 N–H and O–H groups in total. The monoisotopic (exact) mass is 255 g/mol. The molecule has 0 saturated carbocycles. The molecule has 0 aromatic carbocycles. The third kappa shape index (κ3) is 4.09. The summed E-state index contributed by atoms with van der Waals surface area (Å²) in [5.41, 5.74) is 5.88. The van der Waals surface area contributed by atoms with Crippen LogP contribution in [0.4, 0.5) is 0 Å². The average molecular weight is 255 g/mol. The predicted molar refractivity (Wildman–Crippen MR) is 71.2 cm³/mol. The highest BCUT2D eigenvalue weighted by Crippen LogP contribution is 2.16. The summed E-state index contributed by atoms with van der Waals surface area (Å²) in [5, 5.41) is 5.66. The fourth-order valence-electron chi connectivity index (χ4n) is 1.89. The van der Waals surface area contributed by atoms with E-state index in [4.69, 9.17) is 5.73 Å². The molecule has 1 aromatic heterocycles. The molecule has 5 heteroatoms. The second-order valence-corrected chi connectivity index (χ2v) is 6.13. The molecule has 1 heterocycles. The van der Waals surface area contributed by atoms with E-state index in [-0.39, 0.29) is 11.4 Å². The molecule has 0 aliphatic heterocycles. The number of aromatic nitrogens is 1. The molecule has 0 radical (unpaired) electrons. The van der Waals surface area contributed by atoms with Gasteiger partial charge in [0.1, 0.15) is 5.69 Å². The Morgan fingerprint density at radius 1 is 1.65 bits per heavy atom. The average Bonchev–Trinajstić information content (AvgIpc) is 2.63. The molecule has 1 atom stereocenters. The Kier molecular flexibility index (Phi) is 4.65. The number of aryl methyl sites for hydroxylation is 1. The maximum Gasteiger partial charge on any atom is 0.271 e. The maximum atomic E-state index is 12.0. The zero-order valence-corrected chi connectivity index (χ0v) is 11.7. The summed E-state index contributed by atoms with van der Waals surface area (Å²) >= 11 is 1.48. The van der Waals surface area contributed by atoms with Gasteiger partial charge in [0.15, 0.2) is 0 Å². The fraction of sp³-hybridized carbons (Fsp3) is 0.667. The van der Waals surface area contributed by atoms with Crippen molar-refractivity contribution in [1.29, 1.82) is 0 Å². The van der Waals surface area contributed by atoms with Crippen LogP contribution < -0.4 is 11.1 Å². The number of carbonyl (C=O) groups excluding carboxylic acids is 1. The first-order chi connectivity index (χ1) is 7.86. The Bertz CT molecular complexity index is 389. The minimum atomic E-state index is -0.358. The van der Waals surface area contributed by atoms with Gasteiger partial charge >= 0.3 is 0 Å². The van der Waals surface area contributed by atoms with Crippen LogP contribution in [0.1, 0.15) is 42.7 Å². The Labute approximate surface area is 107 Å². The number of nitrogens with zero attached hydrogens (tertiary/aromatic N) is 1. The van der Waals surface area contributed by atoms with Gasteiger partial charge in [-0.05, 0) is 26.2 Å². The lowest BCUT2D eigenvalue weighted by Crippen LogP contribution is -2.52. The minimum absolute atomic E-state index is 0.136. The molecule has 0 fully saturated rings. The standard InChI is InChI=1S/C12H21N3OS/c1-8(2)5-12(4,7-13)15-11(16)10-6-17-9(3)14-10/h6,8H,5,7,13H2,1-4H3,(H,15,16).